The number of nitrogens with one attached hydrogen (secondary N) is 3. The van der Waals surface area contributed by atoms with E-state index >= 15 is 0 Å². The van der Waals surface area contributed by atoms with E-state index in [4.69, 9.17) is 21.3 Å². The van der Waals surface area contributed by atoms with Gasteiger partial charge in [0.15, 0.2) is 0 Å². The highest BCUT2D eigenvalue weighted by Crippen LogP contribution is 2.34. The predicted molar refractivity (Wildman–Crippen MR) is 175 cm³/mol. The zero-order chi connectivity index (χ0) is 30.7. The van der Waals surface area contributed by atoms with E-state index in [1.807, 2.05) is 30.3 Å². The molecule has 0 atom stereocenters. The van der Waals surface area contributed by atoms with Crippen molar-refractivity contribution in [1.29, 1.82) is 0 Å². The minimum absolute atomic E-state index is 0. The number of carbonyl (C=O) groups excluding carboxylic acids is 2. The summed E-state index contributed by atoms with van der Waals surface area (Å²) >= 11 is 6.21. The number of likely N-dealkylation sites (N-methyl/N-ethyl adjacent to an activating group) is 1. The lowest BCUT2D eigenvalue weighted by molar-refractivity contribution is -0.923. The van der Waals surface area contributed by atoms with Crippen molar-refractivity contribution < 1.29 is 35.8 Å². The second-order valence-electron chi connectivity index (χ2n) is 11.4. The van der Waals surface area contributed by atoms with Gasteiger partial charge in [0.05, 0.1) is 30.8 Å². The highest BCUT2D eigenvalue weighted by Gasteiger charge is 2.21. The maximum atomic E-state index is 12.6. The van der Waals surface area contributed by atoms with E-state index in [1.54, 1.807) is 12.1 Å². The lowest BCUT2D eigenvalue weighted by Gasteiger charge is -2.35. The Morgan fingerprint density at radius 2 is 1.68 bits per heavy atom. The normalized spacial score (nSPS) is 12.6. The van der Waals surface area contributed by atoms with Crippen LogP contribution in [-0.2, 0) is 17.6 Å². The molecule has 0 fully saturated rings. The largest absolute Gasteiger partial charge is 1.00 e. The number of hydrogen-bond acceptors (Lipinski definition) is 5. The van der Waals surface area contributed by atoms with Crippen LogP contribution in [0.2, 0.25) is 5.02 Å². The maximum Gasteiger partial charge on any atom is 0.251 e. The monoisotopic (exact) mass is 687 g/mol. The second kappa shape index (κ2) is 17.6. The van der Waals surface area contributed by atoms with E-state index in [-0.39, 0.29) is 28.8 Å². The van der Waals surface area contributed by atoms with E-state index in [1.165, 1.54) is 5.56 Å². The first-order valence-corrected chi connectivity index (χ1v) is 16.3. The molecule has 240 valence electrons. The van der Waals surface area contributed by atoms with Crippen LogP contribution in [0.15, 0.2) is 42.5 Å². The van der Waals surface area contributed by atoms with Crippen molar-refractivity contribution in [3.05, 3.63) is 64.3 Å². The van der Waals surface area contributed by atoms with Crippen LogP contribution in [0.25, 0.3) is 10.9 Å². The average Bonchev–Trinajstić information content (AvgIpc) is 3.03. The Labute approximate surface area is 277 Å². The predicted octanol–water partition coefficient (Wildman–Crippen LogP) is 3.46. The lowest BCUT2D eigenvalue weighted by atomic mass is 9.93. The van der Waals surface area contributed by atoms with Gasteiger partial charge in [-0.05, 0) is 107 Å². The number of quaternary nitrogens is 1. The average molecular weight is 689 g/mol. The molecule has 0 unspecified atom stereocenters. The minimum atomic E-state index is -0.0960. The molecule has 2 aromatic carbocycles. The van der Waals surface area contributed by atoms with Crippen molar-refractivity contribution in [2.45, 2.75) is 72.1 Å². The summed E-state index contributed by atoms with van der Waals surface area (Å²) in [5.74, 6) is 0.631. The topological polar surface area (TPSA) is 92.3 Å². The van der Waals surface area contributed by atoms with Gasteiger partial charge in [-0.15, -0.1) is 0 Å². The van der Waals surface area contributed by atoms with Gasteiger partial charge in [-0.2, -0.15) is 0 Å². The highest BCUT2D eigenvalue weighted by atomic mass is 79.9. The van der Waals surface area contributed by atoms with Gasteiger partial charge in [-0.25, -0.2) is 0 Å². The molecular formula is C34H47BrClN5O3. The van der Waals surface area contributed by atoms with Crippen molar-refractivity contribution in [2.75, 3.05) is 44.8 Å². The summed E-state index contributed by atoms with van der Waals surface area (Å²) in [6.45, 7) is 12.2. The van der Waals surface area contributed by atoms with Crippen LogP contribution < -0.4 is 37.9 Å². The third kappa shape index (κ3) is 9.56. The molecule has 1 heterocycles. The third-order valence-corrected chi connectivity index (χ3v) is 9.12. The van der Waals surface area contributed by atoms with Crippen LogP contribution in [0.5, 0.6) is 5.75 Å². The molecule has 0 saturated heterocycles. The zero-order valence-corrected chi connectivity index (χ0v) is 28.7. The first-order valence-electron chi connectivity index (χ1n) is 15.9. The molecule has 2 amide bonds. The number of hydrazine groups is 1. The molecule has 0 bridgehead atoms. The summed E-state index contributed by atoms with van der Waals surface area (Å²) in [5.41, 5.74) is 10.7. The van der Waals surface area contributed by atoms with Crippen LogP contribution in [0.3, 0.4) is 0 Å². The number of aromatic nitrogens is 1. The van der Waals surface area contributed by atoms with Gasteiger partial charge in [0, 0.05) is 34.6 Å². The number of hydrogen-bond donors (Lipinski definition) is 3. The Morgan fingerprint density at radius 3 is 2.41 bits per heavy atom. The molecule has 1 aliphatic rings. The molecule has 1 aliphatic carbocycles. The van der Waals surface area contributed by atoms with Crippen LogP contribution in [0.1, 0.15) is 80.9 Å². The number of carbonyl (C=O) groups is 2. The fraction of sp³-hybridized carbons (Fsp3) is 0.500. The smallest absolute Gasteiger partial charge is 0.251 e. The lowest BCUT2D eigenvalue weighted by Crippen LogP contribution is -3.00. The molecule has 0 saturated carbocycles. The van der Waals surface area contributed by atoms with Gasteiger partial charge >= 0.3 is 0 Å². The summed E-state index contributed by atoms with van der Waals surface area (Å²) in [4.78, 5) is 30.0. The van der Waals surface area contributed by atoms with E-state index in [2.05, 4.69) is 36.9 Å². The summed E-state index contributed by atoms with van der Waals surface area (Å²) in [6.07, 6.45) is 6.93. The van der Waals surface area contributed by atoms with Gasteiger partial charge in [0.25, 0.3) is 5.91 Å². The molecule has 8 nitrogen and oxygen atoms in total. The molecule has 0 radical (unpaired) electrons. The molecule has 3 aromatic rings. The molecule has 10 heteroatoms. The van der Waals surface area contributed by atoms with Crippen molar-refractivity contribution in [3.63, 3.8) is 0 Å². The number of halogens is 2. The first kappa shape index (κ1) is 35.6. The first-order chi connectivity index (χ1) is 20.9. The van der Waals surface area contributed by atoms with Gasteiger partial charge in [0.2, 0.25) is 5.91 Å². The van der Waals surface area contributed by atoms with E-state index in [0.29, 0.717) is 30.2 Å². The molecule has 0 spiro atoms. The fourth-order valence-electron chi connectivity index (χ4n) is 5.83. The Bertz CT molecular complexity index is 1370. The Hall–Kier alpha value is -2.88. The Kier molecular flexibility index (Phi) is 14.2. The number of unbranched alkanes of at least 4 members (excludes halogenated alkanes) is 2. The van der Waals surface area contributed by atoms with Crippen LogP contribution in [0.4, 0.5) is 5.69 Å². The third-order valence-electron chi connectivity index (χ3n) is 8.88. The minimum Gasteiger partial charge on any atom is -1.00 e. The van der Waals surface area contributed by atoms with Gasteiger partial charge in [-0.3, -0.25) is 25.4 Å². The molecule has 0 aliphatic heterocycles. The van der Waals surface area contributed by atoms with Crippen molar-refractivity contribution >= 4 is 40.0 Å². The van der Waals surface area contributed by atoms with Crippen LogP contribution >= 0.6 is 11.6 Å². The Morgan fingerprint density at radius 1 is 0.955 bits per heavy atom. The molecular weight excluding hydrogens is 642 g/mol. The number of pyridine rings is 1. The summed E-state index contributed by atoms with van der Waals surface area (Å²) in [6, 6.07) is 13.0. The molecule has 4 rings (SSSR count). The number of aryl methyl sites for hydroxylation is 1. The number of ether oxygens (including phenoxy) is 1. The fourth-order valence-corrected chi connectivity index (χ4v) is 6.00. The zero-order valence-electron chi connectivity index (χ0n) is 26.3. The van der Waals surface area contributed by atoms with Crippen molar-refractivity contribution in [2.24, 2.45) is 0 Å². The highest BCUT2D eigenvalue weighted by molar-refractivity contribution is 6.31. The standard InChI is InChI=1S/C34H46ClN5O3.BrH/c1-4-40(5-2,6-3)22-23-43-27-18-15-25(16-19-27)34(42)36-21-11-7-8-14-32(41)38-39-33-28-12-9-10-13-30(28)37-31-24-26(35)17-20-29(31)33;/h15-20,24H,4-14,21-23H2,1-3H3,(H2-,36,37,38,39,41,42);1H. The number of nitrogens with zero attached hydrogens (tertiary/aromatic N) is 2. The van der Waals surface area contributed by atoms with E-state index < -0.39 is 0 Å². The molecule has 1 aromatic heterocycles. The number of fused-ring (bicyclic) bond motifs is 2. The van der Waals surface area contributed by atoms with Crippen LogP contribution in [0, 0.1) is 0 Å². The van der Waals surface area contributed by atoms with E-state index in [0.717, 1.165) is 104 Å². The summed E-state index contributed by atoms with van der Waals surface area (Å²) in [7, 11) is 0. The van der Waals surface area contributed by atoms with Gasteiger partial charge < -0.3 is 31.5 Å². The Balaban J connectivity index is 0.00000529. The van der Waals surface area contributed by atoms with E-state index in [9.17, 15) is 9.59 Å². The molecule has 3 N–H and O–H groups in total. The summed E-state index contributed by atoms with van der Waals surface area (Å²) in [5, 5.41) is 4.59. The number of benzene rings is 2. The SMILES string of the molecule is CC[N+](CC)(CC)CCOc1ccc(C(=O)NCCCCCC(=O)NNc2c3c(nc4cc(Cl)ccc24)CCCC3)cc1.[Br-]. The number of amides is 2. The quantitative estimate of drug-likeness (QED) is 0.122. The summed E-state index contributed by atoms with van der Waals surface area (Å²) < 4.78 is 6.99. The number of rotatable bonds is 16. The van der Waals surface area contributed by atoms with Crippen molar-refractivity contribution in [1.82, 2.24) is 15.7 Å². The maximum absolute atomic E-state index is 12.6. The van der Waals surface area contributed by atoms with Gasteiger partial charge in [-0.1, -0.05) is 18.0 Å². The second-order valence-corrected chi connectivity index (χ2v) is 11.8. The van der Waals surface area contributed by atoms with Crippen molar-refractivity contribution in [3.8, 4) is 5.75 Å². The number of anilines is 1. The molecule has 44 heavy (non-hydrogen) atoms. The van der Waals surface area contributed by atoms with Gasteiger partial charge in [0.1, 0.15) is 18.9 Å². The van der Waals surface area contributed by atoms with Crippen LogP contribution in [-0.4, -0.2) is 60.6 Å².